The van der Waals surface area contributed by atoms with Gasteiger partial charge in [0, 0.05) is 17.6 Å². The predicted octanol–water partition coefficient (Wildman–Crippen LogP) is 2.04. The molecule has 4 nitrogen and oxygen atoms in total. The smallest absolute Gasteiger partial charge is 0.255 e. The number of oxazole rings is 1. The first-order chi connectivity index (χ1) is 6.40. The Morgan fingerprint density at radius 2 is 2.46 bits per heavy atom. The fourth-order valence-electron chi connectivity index (χ4n) is 0.883. The van der Waals surface area contributed by atoms with Gasteiger partial charge in [-0.3, -0.25) is 0 Å². The second-order valence-corrected chi connectivity index (χ2v) is 3.66. The summed E-state index contributed by atoms with van der Waals surface area (Å²) in [6.45, 7) is 0.597. The SMILES string of the molecule is ClNCc1cnc(-c2ncco2)s1. The van der Waals surface area contributed by atoms with Crippen molar-refractivity contribution in [1.82, 2.24) is 14.8 Å². The van der Waals surface area contributed by atoms with Crippen LogP contribution >= 0.6 is 23.1 Å². The second kappa shape index (κ2) is 3.87. The van der Waals surface area contributed by atoms with E-state index in [0.29, 0.717) is 12.4 Å². The molecule has 0 unspecified atom stereocenters. The number of aromatic nitrogens is 2. The molecule has 0 atom stereocenters. The Morgan fingerprint density at radius 3 is 3.15 bits per heavy atom. The van der Waals surface area contributed by atoms with Gasteiger partial charge in [0.05, 0.1) is 6.20 Å². The molecule has 2 rings (SSSR count). The highest BCUT2D eigenvalue weighted by molar-refractivity contribution is 7.14. The minimum atomic E-state index is 0.547. The molecule has 0 saturated heterocycles. The molecule has 0 bridgehead atoms. The Labute approximate surface area is 83.7 Å². The number of hydrogen-bond acceptors (Lipinski definition) is 5. The Bertz CT molecular complexity index is 373. The molecule has 0 spiro atoms. The van der Waals surface area contributed by atoms with E-state index < -0.39 is 0 Å². The van der Waals surface area contributed by atoms with Crippen molar-refractivity contribution in [3.8, 4) is 10.9 Å². The second-order valence-electron chi connectivity index (χ2n) is 2.28. The Kier molecular flexibility index (Phi) is 2.58. The summed E-state index contributed by atoms with van der Waals surface area (Å²) in [4.78, 5) is 11.7. The van der Waals surface area contributed by atoms with Gasteiger partial charge in [-0.2, -0.15) is 0 Å². The normalized spacial score (nSPS) is 10.5. The van der Waals surface area contributed by atoms with Crippen LogP contribution in [0, 0.1) is 0 Å². The Morgan fingerprint density at radius 1 is 1.54 bits per heavy atom. The first-order valence-corrected chi connectivity index (χ1v) is 4.77. The molecule has 0 aromatic carbocycles. The van der Waals surface area contributed by atoms with Gasteiger partial charge in [-0.25, -0.2) is 14.8 Å². The van der Waals surface area contributed by atoms with Crippen LogP contribution in [0.1, 0.15) is 4.88 Å². The van der Waals surface area contributed by atoms with E-state index in [-0.39, 0.29) is 0 Å². The van der Waals surface area contributed by atoms with Crippen LogP contribution in [0.25, 0.3) is 10.9 Å². The van der Waals surface area contributed by atoms with Gasteiger partial charge < -0.3 is 4.42 Å². The summed E-state index contributed by atoms with van der Waals surface area (Å²) in [5, 5.41) is 0.770. The van der Waals surface area contributed by atoms with Crippen LogP contribution < -0.4 is 4.84 Å². The number of hydrogen-bond donors (Lipinski definition) is 1. The fraction of sp³-hybridized carbons (Fsp3) is 0.143. The third-order valence-electron chi connectivity index (χ3n) is 1.41. The first kappa shape index (κ1) is 8.68. The summed E-state index contributed by atoms with van der Waals surface area (Å²) in [7, 11) is 0. The maximum Gasteiger partial charge on any atom is 0.255 e. The molecule has 68 valence electrons. The van der Waals surface area contributed by atoms with Crippen molar-refractivity contribution in [3.63, 3.8) is 0 Å². The molecule has 0 aliphatic carbocycles. The number of thiazole rings is 1. The standard InChI is InChI=1S/C7H6ClN3OS/c8-11-4-5-3-10-7(13-5)6-9-1-2-12-6/h1-3,11H,4H2. The van der Waals surface area contributed by atoms with E-state index in [1.54, 1.807) is 12.4 Å². The molecular formula is C7H6ClN3OS. The third-order valence-corrected chi connectivity index (χ3v) is 2.53. The van der Waals surface area contributed by atoms with Crippen LogP contribution in [0.15, 0.2) is 23.1 Å². The predicted molar refractivity (Wildman–Crippen MR) is 50.3 cm³/mol. The van der Waals surface area contributed by atoms with Gasteiger partial charge in [-0.05, 0) is 11.8 Å². The van der Waals surface area contributed by atoms with Crippen molar-refractivity contribution in [3.05, 3.63) is 23.5 Å². The topological polar surface area (TPSA) is 51.0 Å². The summed E-state index contributed by atoms with van der Waals surface area (Å²) < 4.78 is 5.09. The van der Waals surface area contributed by atoms with Crippen LogP contribution in [0.4, 0.5) is 0 Å². The zero-order chi connectivity index (χ0) is 9.10. The highest BCUT2D eigenvalue weighted by Crippen LogP contribution is 2.23. The van der Waals surface area contributed by atoms with Gasteiger partial charge in [-0.15, -0.1) is 11.3 Å². The van der Waals surface area contributed by atoms with Crippen LogP contribution in [0.2, 0.25) is 0 Å². The van der Waals surface area contributed by atoms with Crippen LogP contribution in [-0.4, -0.2) is 9.97 Å². The zero-order valence-electron chi connectivity index (χ0n) is 6.53. The summed E-state index contributed by atoms with van der Waals surface area (Å²) >= 11 is 6.86. The molecule has 6 heteroatoms. The third kappa shape index (κ3) is 1.88. The van der Waals surface area contributed by atoms with Crippen molar-refractivity contribution >= 4 is 23.1 Å². The fourth-order valence-corrected chi connectivity index (χ4v) is 1.90. The molecule has 13 heavy (non-hydrogen) atoms. The largest absolute Gasteiger partial charge is 0.443 e. The molecule has 1 N–H and O–H groups in total. The number of halogens is 1. The minimum Gasteiger partial charge on any atom is -0.443 e. The maximum absolute atomic E-state index is 5.36. The molecule has 0 amide bonds. The molecule has 0 radical (unpaired) electrons. The number of nitrogens with one attached hydrogen (secondary N) is 1. The van der Waals surface area contributed by atoms with Crippen molar-refractivity contribution < 1.29 is 4.42 Å². The van der Waals surface area contributed by atoms with Crippen molar-refractivity contribution in [2.45, 2.75) is 6.54 Å². The van der Waals surface area contributed by atoms with Gasteiger partial charge in [0.1, 0.15) is 6.26 Å². The zero-order valence-corrected chi connectivity index (χ0v) is 8.10. The van der Waals surface area contributed by atoms with Gasteiger partial charge >= 0.3 is 0 Å². The molecule has 0 saturated carbocycles. The van der Waals surface area contributed by atoms with E-state index in [9.17, 15) is 0 Å². The van der Waals surface area contributed by atoms with E-state index in [1.165, 1.54) is 17.6 Å². The lowest BCUT2D eigenvalue weighted by Gasteiger charge is -1.87. The van der Waals surface area contributed by atoms with E-state index >= 15 is 0 Å². The van der Waals surface area contributed by atoms with E-state index in [1.807, 2.05) is 0 Å². The van der Waals surface area contributed by atoms with Gasteiger partial charge in [-0.1, -0.05) is 0 Å². The Balaban J connectivity index is 2.23. The molecule has 2 aromatic heterocycles. The molecule has 0 fully saturated rings. The molecule has 0 aliphatic rings. The highest BCUT2D eigenvalue weighted by atomic mass is 35.5. The van der Waals surface area contributed by atoms with Crippen molar-refractivity contribution in [2.24, 2.45) is 0 Å². The lowest BCUT2D eigenvalue weighted by Crippen LogP contribution is -1.94. The monoisotopic (exact) mass is 215 g/mol. The van der Waals surface area contributed by atoms with Crippen LogP contribution in [0.5, 0.6) is 0 Å². The van der Waals surface area contributed by atoms with Crippen LogP contribution in [0.3, 0.4) is 0 Å². The van der Waals surface area contributed by atoms with Gasteiger partial charge in [0.15, 0.2) is 5.01 Å². The minimum absolute atomic E-state index is 0.547. The van der Waals surface area contributed by atoms with Gasteiger partial charge in [0.2, 0.25) is 0 Å². The number of rotatable bonds is 3. The van der Waals surface area contributed by atoms with Crippen LogP contribution in [-0.2, 0) is 6.54 Å². The molecule has 0 aliphatic heterocycles. The quantitative estimate of drug-likeness (QED) is 0.797. The average Bonchev–Trinajstić information content (AvgIpc) is 2.70. The van der Waals surface area contributed by atoms with Gasteiger partial charge in [0.25, 0.3) is 5.89 Å². The van der Waals surface area contributed by atoms with E-state index in [4.69, 9.17) is 16.2 Å². The average molecular weight is 216 g/mol. The molecule has 2 aromatic rings. The lowest BCUT2D eigenvalue weighted by atomic mass is 10.6. The first-order valence-electron chi connectivity index (χ1n) is 3.58. The maximum atomic E-state index is 5.36. The van der Waals surface area contributed by atoms with Crippen molar-refractivity contribution in [2.75, 3.05) is 0 Å². The highest BCUT2D eigenvalue weighted by Gasteiger charge is 2.07. The summed E-state index contributed by atoms with van der Waals surface area (Å²) in [6, 6.07) is 0. The summed E-state index contributed by atoms with van der Waals surface area (Å²) in [5.41, 5.74) is 0. The van der Waals surface area contributed by atoms with E-state index in [0.717, 1.165) is 9.88 Å². The van der Waals surface area contributed by atoms with E-state index in [2.05, 4.69) is 14.8 Å². The molecular weight excluding hydrogens is 210 g/mol. The molecule has 2 heterocycles. The number of nitrogens with zero attached hydrogens (tertiary/aromatic N) is 2. The summed E-state index contributed by atoms with van der Waals surface area (Å²) in [6.07, 6.45) is 4.87. The van der Waals surface area contributed by atoms with Crippen molar-refractivity contribution in [1.29, 1.82) is 0 Å². The summed E-state index contributed by atoms with van der Waals surface area (Å²) in [5.74, 6) is 0.547. The lowest BCUT2D eigenvalue weighted by molar-refractivity contribution is 0.574. The Hall–Kier alpha value is -0.910.